The number of halogens is 2. The predicted molar refractivity (Wildman–Crippen MR) is 73.0 cm³/mol. The first kappa shape index (κ1) is 13.6. The van der Waals surface area contributed by atoms with Gasteiger partial charge in [-0.3, -0.25) is 4.79 Å². The van der Waals surface area contributed by atoms with Gasteiger partial charge in [-0.1, -0.05) is 21.0 Å². The minimum Gasteiger partial charge on any atom is -0.395 e. The smallest absolute Gasteiger partial charge is 0.227 e. The molecule has 1 atom stereocenters. The molecule has 0 bridgehead atoms. The van der Waals surface area contributed by atoms with Crippen molar-refractivity contribution in [1.82, 2.24) is 0 Å². The van der Waals surface area contributed by atoms with Gasteiger partial charge >= 0.3 is 0 Å². The number of nitrogens with two attached hydrogens (primary N) is 1. The van der Waals surface area contributed by atoms with Crippen molar-refractivity contribution in [2.24, 2.45) is 11.0 Å². The molecule has 1 saturated heterocycles. The third kappa shape index (κ3) is 2.80. The van der Waals surface area contributed by atoms with Crippen LogP contribution in [0.4, 0.5) is 15.8 Å². The lowest BCUT2D eigenvalue weighted by Crippen LogP contribution is -2.26. The molecule has 0 saturated carbocycles. The molecule has 1 aromatic rings. The Kier molecular flexibility index (Phi) is 3.92. The molecule has 1 amide bonds. The first-order valence-corrected chi connectivity index (χ1v) is 6.38. The summed E-state index contributed by atoms with van der Waals surface area (Å²) in [6.07, 6.45) is 0.270. The van der Waals surface area contributed by atoms with E-state index in [4.69, 9.17) is 11.3 Å². The van der Waals surface area contributed by atoms with Gasteiger partial charge in [0.1, 0.15) is 5.82 Å². The molecule has 1 heterocycles. The fraction of sp³-hybridized carbons (Fsp3) is 0.364. The Hall–Kier alpha value is -1.79. The molecular weight excluding hydrogens is 317 g/mol. The quantitative estimate of drug-likeness (QED) is 0.400. The van der Waals surface area contributed by atoms with E-state index in [9.17, 15) is 9.18 Å². The van der Waals surface area contributed by atoms with Crippen LogP contribution in [0.5, 0.6) is 0 Å². The van der Waals surface area contributed by atoms with Crippen LogP contribution in [-0.2, 0) is 4.79 Å². The van der Waals surface area contributed by atoms with Crippen molar-refractivity contribution in [2.75, 3.05) is 23.7 Å². The zero-order valence-electron chi connectivity index (χ0n) is 9.88. The Morgan fingerprint density at radius 3 is 3.05 bits per heavy atom. The number of hydrogen-bond donors (Lipinski definition) is 1. The van der Waals surface area contributed by atoms with Crippen LogP contribution in [0.2, 0.25) is 0 Å². The van der Waals surface area contributed by atoms with Gasteiger partial charge in [-0.05, 0) is 23.6 Å². The number of amides is 1. The monoisotopic (exact) mass is 327 g/mol. The topological polar surface area (TPSA) is 95.1 Å². The summed E-state index contributed by atoms with van der Waals surface area (Å²) in [6, 6.07) is 2.85. The summed E-state index contributed by atoms with van der Waals surface area (Å²) in [6.45, 7) is 0.618. The summed E-state index contributed by atoms with van der Waals surface area (Å²) in [5.41, 5.74) is 14.2. The molecule has 0 spiro atoms. The number of benzene rings is 1. The summed E-state index contributed by atoms with van der Waals surface area (Å²) in [5, 5.41) is 3.46. The van der Waals surface area contributed by atoms with Gasteiger partial charge < -0.3 is 10.6 Å². The molecule has 2 rings (SSSR count). The number of hydrogen-bond acceptors (Lipinski definition) is 3. The van der Waals surface area contributed by atoms with E-state index >= 15 is 0 Å². The van der Waals surface area contributed by atoms with Crippen molar-refractivity contribution < 1.29 is 9.18 Å². The highest BCUT2D eigenvalue weighted by Gasteiger charge is 2.31. The van der Waals surface area contributed by atoms with Gasteiger partial charge in [-0.25, -0.2) is 4.39 Å². The average Bonchev–Trinajstić information content (AvgIpc) is 2.72. The highest BCUT2D eigenvalue weighted by atomic mass is 79.9. The van der Waals surface area contributed by atoms with E-state index in [1.54, 1.807) is 6.07 Å². The molecular formula is C11H11BrFN5O. The zero-order valence-corrected chi connectivity index (χ0v) is 11.5. The van der Waals surface area contributed by atoms with Crippen LogP contribution in [0, 0.1) is 11.7 Å². The molecule has 0 radical (unpaired) electrons. The standard InChI is InChI=1S/C11H11BrFN5O/c12-7-2-8(13)11(14)9(3-7)18-5-6(1-10(18)19)4-16-17-15/h2-3,6H,1,4-5,14H2. The molecule has 100 valence electrons. The van der Waals surface area contributed by atoms with Gasteiger partial charge in [0.25, 0.3) is 0 Å². The van der Waals surface area contributed by atoms with Gasteiger partial charge in [0.15, 0.2) is 0 Å². The van der Waals surface area contributed by atoms with Crippen molar-refractivity contribution in [3.8, 4) is 0 Å². The van der Waals surface area contributed by atoms with Crippen LogP contribution < -0.4 is 10.6 Å². The molecule has 19 heavy (non-hydrogen) atoms. The largest absolute Gasteiger partial charge is 0.395 e. The lowest BCUT2D eigenvalue weighted by atomic mass is 10.1. The molecule has 1 fully saturated rings. The van der Waals surface area contributed by atoms with Crippen molar-refractivity contribution in [3.63, 3.8) is 0 Å². The Labute approximate surface area is 117 Å². The lowest BCUT2D eigenvalue weighted by molar-refractivity contribution is -0.117. The van der Waals surface area contributed by atoms with Crippen molar-refractivity contribution >= 4 is 33.2 Å². The third-order valence-corrected chi connectivity index (χ3v) is 3.43. The number of nitrogens with zero attached hydrogens (tertiary/aromatic N) is 4. The van der Waals surface area contributed by atoms with Crippen LogP contribution in [0.15, 0.2) is 21.7 Å². The highest BCUT2D eigenvalue weighted by molar-refractivity contribution is 9.10. The SMILES string of the molecule is [N-]=[N+]=NCC1CC(=O)N(c2cc(Br)cc(F)c2N)C1. The minimum atomic E-state index is -0.573. The summed E-state index contributed by atoms with van der Waals surface area (Å²) in [5.74, 6) is -0.789. The second-order valence-electron chi connectivity index (χ2n) is 4.31. The highest BCUT2D eigenvalue weighted by Crippen LogP contribution is 2.34. The fourth-order valence-corrected chi connectivity index (χ4v) is 2.50. The lowest BCUT2D eigenvalue weighted by Gasteiger charge is -2.19. The molecule has 0 aromatic heterocycles. The van der Waals surface area contributed by atoms with Gasteiger partial charge in [-0.15, -0.1) is 0 Å². The van der Waals surface area contributed by atoms with Crippen molar-refractivity contribution in [3.05, 3.63) is 32.9 Å². The molecule has 1 aliphatic rings. The van der Waals surface area contributed by atoms with E-state index in [0.29, 0.717) is 16.7 Å². The van der Waals surface area contributed by atoms with Gasteiger partial charge in [-0.2, -0.15) is 0 Å². The summed E-state index contributed by atoms with van der Waals surface area (Å²) in [7, 11) is 0. The van der Waals surface area contributed by atoms with Gasteiger partial charge in [0.05, 0.1) is 11.4 Å². The van der Waals surface area contributed by atoms with Crippen LogP contribution in [-0.4, -0.2) is 19.0 Å². The third-order valence-electron chi connectivity index (χ3n) is 2.97. The number of carbonyl (C=O) groups is 1. The van der Waals surface area contributed by atoms with Crippen LogP contribution in [0.1, 0.15) is 6.42 Å². The van der Waals surface area contributed by atoms with E-state index in [0.717, 1.165) is 0 Å². The Morgan fingerprint density at radius 2 is 2.37 bits per heavy atom. The Bertz CT molecular complexity index is 572. The average molecular weight is 328 g/mol. The number of rotatable bonds is 3. The minimum absolute atomic E-state index is 0.0546. The second kappa shape index (κ2) is 5.46. The zero-order chi connectivity index (χ0) is 14.0. The van der Waals surface area contributed by atoms with E-state index in [2.05, 4.69) is 26.0 Å². The van der Waals surface area contributed by atoms with Crippen molar-refractivity contribution in [1.29, 1.82) is 0 Å². The normalized spacial score (nSPS) is 18.5. The molecule has 6 nitrogen and oxygen atoms in total. The van der Waals surface area contributed by atoms with E-state index in [1.807, 2.05) is 0 Å². The number of nitrogen functional groups attached to an aromatic ring is 1. The van der Waals surface area contributed by atoms with Gasteiger partial charge in [0.2, 0.25) is 5.91 Å². The number of anilines is 2. The first-order valence-electron chi connectivity index (χ1n) is 5.58. The molecule has 1 aromatic carbocycles. The summed E-state index contributed by atoms with van der Waals surface area (Å²) < 4.78 is 14.1. The summed E-state index contributed by atoms with van der Waals surface area (Å²) in [4.78, 5) is 16.0. The maximum atomic E-state index is 13.6. The molecule has 8 heteroatoms. The Balaban J connectivity index is 2.28. The van der Waals surface area contributed by atoms with Gasteiger partial charge in [0, 0.05) is 28.9 Å². The molecule has 2 N–H and O–H groups in total. The number of carbonyl (C=O) groups excluding carboxylic acids is 1. The summed E-state index contributed by atoms with van der Waals surface area (Å²) >= 11 is 3.17. The van der Waals surface area contributed by atoms with E-state index < -0.39 is 5.82 Å². The number of azide groups is 1. The Morgan fingerprint density at radius 1 is 1.63 bits per heavy atom. The first-order chi connectivity index (χ1) is 9.02. The molecule has 1 aliphatic heterocycles. The maximum absolute atomic E-state index is 13.6. The molecule has 1 unspecified atom stereocenters. The molecule has 0 aliphatic carbocycles. The van der Waals surface area contributed by atoms with E-state index in [1.165, 1.54) is 11.0 Å². The van der Waals surface area contributed by atoms with Crippen LogP contribution in [0.3, 0.4) is 0 Å². The van der Waals surface area contributed by atoms with Crippen LogP contribution in [0.25, 0.3) is 10.4 Å². The fourth-order valence-electron chi connectivity index (χ4n) is 2.08. The maximum Gasteiger partial charge on any atom is 0.227 e. The van der Waals surface area contributed by atoms with Crippen molar-refractivity contribution in [2.45, 2.75) is 6.42 Å². The second-order valence-corrected chi connectivity index (χ2v) is 5.22. The van der Waals surface area contributed by atoms with E-state index in [-0.39, 0.29) is 30.5 Å². The van der Waals surface area contributed by atoms with Crippen LogP contribution >= 0.6 is 15.9 Å². The predicted octanol–water partition coefficient (Wildman–Crippen LogP) is 2.83.